The van der Waals surface area contributed by atoms with E-state index in [-0.39, 0.29) is 18.5 Å². The smallest absolute Gasteiger partial charge is 0.123 e. The van der Waals surface area contributed by atoms with Crippen molar-refractivity contribution in [2.75, 3.05) is 11.9 Å². The van der Waals surface area contributed by atoms with Crippen molar-refractivity contribution in [3.05, 3.63) is 64.4 Å². The largest absolute Gasteiger partial charge is 0.394 e. The van der Waals surface area contributed by atoms with Crippen LogP contribution in [0.25, 0.3) is 0 Å². The van der Waals surface area contributed by atoms with Gasteiger partial charge >= 0.3 is 0 Å². The molecular formula is C14H13BrFNO. The lowest BCUT2D eigenvalue weighted by Crippen LogP contribution is -2.14. The molecule has 2 nitrogen and oxygen atoms in total. The van der Waals surface area contributed by atoms with E-state index in [0.717, 1.165) is 15.7 Å². The Labute approximate surface area is 114 Å². The Bertz CT molecular complexity index is 498. The summed E-state index contributed by atoms with van der Waals surface area (Å²) in [7, 11) is 0. The van der Waals surface area contributed by atoms with Crippen molar-refractivity contribution in [3.63, 3.8) is 0 Å². The third kappa shape index (κ3) is 3.31. The number of rotatable bonds is 4. The standard InChI is InChI=1S/C14H13BrFNO/c15-11-3-1-10(2-4-11)14(9-18)17-13-7-5-12(16)6-8-13/h1-8,14,17-18H,9H2. The molecule has 2 rings (SSSR count). The van der Waals surface area contributed by atoms with Gasteiger partial charge in [-0.05, 0) is 42.0 Å². The van der Waals surface area contributed by atoms with E-state index in [1.165, 1.54) is 12.1 Å². The Morgan fingerprint density at radius 1 is 1.06 bits per heavy atom. The molecule has 18 heavy (non-hydrogen) atoms. The molecule has 0 saturated heterocycles. The van der Waals surface area contributed by atoms with Crippen LogP contribution in [0.3, 0.4) is 0 Å². The second-order valence-corrected chi connectivity index (χ2v) is 4.85. The van der Waals surface area contributed by atoms with Crippen LogP contribution in [0.1, 0.15) is 11.6 Å². The lowest BCUT2D eigenvalue weighted by molar-refractivity contribution is 0.276. The van der Waals surface area contributed by atoms with Gasteiger partial charge in [-0.25, -0.2) is 4.39 Å². The zero-order valence-electron chi connectivity index (χ0n) is 9.61. The van der Waals surface area contributed by atoms with Crippen LogP contribution in [0.15, 0.2) is 53.0 Å². The van der Waals surface area contributed by atoms with Gasteiger partial charge in [0.15, 0.2) is 0 Å². The first-order chi connectivity index (χ1) is 8.69. The van der Waals surface area contributed by atoms with Gasteiger partial charge in [0, 0.05) is 10.2 Å². The van der Waals surface area contributed by atoms with Gasteiger partial charge in [-0.15, -0.1) is 0 Å². The molecule has 4 heteroatoms. The molecule has 2 aromatic carbocycles. The highest BCUT2D eigenvalue weighted by Crippen LogP contribution is 2.21. The Morgan fingerprint density at radius 3 is 2.22 bits per heavy atom. The van der Waals surface area contributed by atoms with Crippen LogP contribution >= 0.6 is 15.9 Å². The summed E-state index contributed by atoms with van der Waals surface area (Å²) in [5, 5.41) is 12.6. The van der Waals surface area contributed by atoms with Crippen molar-refractivity contribution < 1.29 is 9.50 Å². The van der Waals surface area contributed by atoms with Crippen molar-refractivity contribution in [3.8, 4) is 0 Å². The Kier molecular flexibility index (Phi) is 4.33. The predicted molar refractivity (Wildman–Crippen MR) is 74.0 cm³/mol. The van der Waals surface area contributed by atoms with Gasteiger partial charge in [-0.2, -0.15) is 0 Å². The van der Waals surface area contributed by atoms with Crippen LogP contribution < -0.4 is 5.32 Å². The van der Waals surface area contributed by atoms with E-state index < -0.39 is 0 Å². The van der Waals surface area contributed by atoms with E-state index in [9.17, 15) is 9.50 Å². The first-order valence-electron chi connectivity index (χ1n) is 5.57. The van der Waals surface area contributed by atoms with Gasteiger partial charge in [-0.3, -0.25) is 0 Å². The number of halogens is 2. The fourth-order valence-corrected chi connectivity index (χ4v) is 1.94. The average molecular weight is 310 g/mol. The number of aliphatic hydroxyl groups is 1. The van der Waals surface area contributed by atoms with E-state index in [0.29, 0.717) is 0 Å². The molecule has 0 bridgehead atoms. The van der Waals surface area contributed by atoms with Gasteiger partial charge in [0.25, 0.3) is 0 Å². The quantitative estimate of drug-likeness (QED) is 0.902. The van der Waals surface area contributed by atoms with Crippen molar-refractivity contribution in [2.45, 2.75) is 6.04 Å². The molecule has 0 aromatic heterocycles. The number of hydrogen-bond acceptors (Lipinski definition) is 2. The molecule has 0 aliphatic carbocycles. The Hall–Kier alpha value is -1.39. The number of anilines is 1. The highest BCUT2D eigenvalue weighted by atomic mass is 79.9. The van der Waals surface area contributed by atoms with Crippen molar-refractivity contribution in [1.82, 2.24) is 0 Å². The van der Waals surface area contributed by atoms with E-state index in [4.69, 9.17) is 0 Å². The van der Waals surface area contributed by atoms with Crippen LogP contribution in [-0.4, -0.2) is 11.7 Å². The van der Waals surface area contributed by atoms with Crippen LogP contribution in [-0.2, 0) is 0 Å². The predicted octanol–water partition coefficient (Wildman–Crippen LogP) is 3.73. The highest BCUT2D eigenvalue weighted by Gasteiger charge is 2.09. The lowest BCUT2D eigenvalue weighted by Gasteiger charge is -2.18. The second-order valence-electron chi connectivity index (χ2n) is 3.94. The molecule has 0 amide bonds. The maximum Gasteiger partial charge on any atom is 0.123 e. The molecule has 94 valence electrons. The van der Waals surface area contributed by atoms with Crippen LogP contribution in [0.5, 0.6) is 0 Å². The van der Waals surface area contributed by atoms with E-state index >= 15 is 0 Å². The molecule has 1 unspecified atom stereocenters. The number of nitrogens with one attached hydrogen (secondary N) is 1. The Morgan fingerprint density at radius 2 is 1.67 bits per heavy atom. The minimum absolute atomic E-state index is 0.0288. The molecular weight excluding hydrogens is 297 g/mol. The third-order valence-electron chi connectivity index (χ3n) is 2.64. The molecule has 1 atom stereocenters. The van der Waals surface area contributed by atoms with E-state index in [1.54, 1.807) is 12.1 Å². The summed E-state index contributed by atoms with van der Waals surface area (Å²) < 4.78 is 13.8. The maximum absolute atomic E-state index is 12.8. The second kappa shape index (κ2) is 5.98. The molecule has 2 aromatic rings. The zero-order chi connectivity index (χ0) is 13.0. The Balaban J connectivity index is 2.14. The summed E-state index contributed by atoms with van der Waals surface area (Å²) in [4.78, 5) is 0. The van der Waals surface area contributed by atoms with Crippen molar-refractivity contribution in [1.29, 1.82) is 0 Å². The fraction of sp³-hybridized carbons (Fsp3) is 0.143. The summed E-state index contributed by atoms with van der Waals surface area (Å²) in [5.41, 5.74) is 1.75. The first-order valence-corrected chi connectivity index (χ1v) is 6.37. The number of aliphatic hydroxyl groups excluding tert-OH is 1. The molecule has 0 spiro atoms. The summed E-state index contributed by atoms with van der Waals surface area (Å²) >= 11 is 3.37. The van der Waals surface area contributed by atoms with Crippen LogP contribution in [0, 0.1) is 5.82 Å². The average Bonchev–Trinajstić information content (AvgIpc) is 2.39. The topological polar surface area (TPSA) is 32.3 Å². The van der Waals surface area contributed by atoms with Crippen molar-refractivity contribution >= 4 is 21.6 Å². The maximum atomic E-state index is 12.8. The number of hydrogen-bond donors (Lipinski definition) is 2. The lowest BCUT2D eigenvalue weighted by atomic mass is 10.1. The van der Waals surface area contributed by atoms with Gasteiger partial charge < -0.3 is 10.4 Å². The summed E-state index contributed by atoms with van der Waals surface area (Å²) in [5.74, 6) is -0.273. The fourth-order valence-electron chi connectivity index (χ4n) is 1.68. The minimum atomic E-state index is -0.273. The molecule has 0 heterocycles. The summed E-state index contributed by atoms with van der Waals surface area (Å²) in [6, 6.07) is 13.6. The van der Waals surface area contributed by atoms with Gasteiger partial charge in [0.05, 0.1) is 12.6 Å². The van der Waals surface area contributed by atoms with Gasteiger partial charge in [-0.1, -0.05) is 28.1 Å². The van der Waals surface area contributed by atoms with Crippen LogP contribution in [0.2, 0.25) is 0 Å². The third-order valence-corrected chi connectivity index (χ3v) is 3.17. The zero-order valence-corrected chi connectivity index (χ0v) is 11.2. The molecule has 0 aliphatic heterocycles. The first kappa shape index (κ1) is 13.1. The monoisotopic (exact) mass is 309 g/mol. The number of benzene rings is 2. The molecule has 0 fully saturated rings. The molecule has 0 radical (unpaired) electrons. The van der Waals surface area contributed by atoms with Crippen molar-refractivity contribution in [2.24, 2.45) is 0 Å². The minimum Gasteiger partial charge on any atom is -0.394 e. The molecule has 2 N–H and O–H groups in total. The summed E-state index contributed by atoms with van der Waals surface area (Å²) in [6.45, 7) is -0.0288. The van der Waals surface area contributed by atoms with E-state index in [1.807, 2.05) is 24.3 Å². The highest BCUT2D eigenvalue weighted by molar-refractivity contribution is 9.10. The molecule has 0 aliphatic rings. The van der Waals surface area contributed by atoms with E-state index in [2.05, 4.69) is 21.2 Å². The normalized spacial score (nSPS) is 12.2. The van der Waals surface area contributed by atoms with Crippen LogP contribution in [0.4, 0.5) is 10.1 Å². The van der Waals surface area contributed by atoms with Gasteiger partial charge in [0.2, 0.25) is 0 Å². The van der Waals surface area contributed by atoms with Gasteiger partial charge in [0.1, 0.15) is 5.82 Å². The molecule has 0 saturated carbocycles. The SMILES string of the molecule is OCC(Nc1ccc(F)cc1)c1ccc(Br)cc1. The summed E-state index contributed by atoms with van der Waals surface area (Å²) in [6.07, 6.45) is 0.